The first-order chi connectivity index (χ1) is 11.1. The van der Waals surface area contributed by atoms with Crippen molar-refractivity contribution >= 4 is 5.78 Å². The van der Waals surface area contributed by atoms with E-state index in [0.29, 0.717) is 17.7 Å². The number of hydrogen-bond donors (Lipinski definition) is 2. The summed E-state index contributed by atoms with van der Waals surface area (Å²) in [5.74, 6) is 0.787. The van der Waals surface area contributed by atoms with Gasteiger partial charge in [-0.05, 0) is 61.4 Å². The summed E-state index contributed by atoms with van der Waals surface area (Å²) in [6, 6.07) is 10.6. The lowest BCUT2D eigenvalue weighted by Crippen LogP contribution is -3.12. The molecule has 4 nitrogen and oxygen atoms in total. The Morgan fingerprint density at radius 2 is 1.61 bits per heavy atom. The summed E-state index contributed by atoms with van der Waals surface area (Å²) < 4.78 is 5.81. The molecular formula is C19H22NO3+. The predicted molar refractivity (Wildman–Crippen MR) is 89.4 cm³/mol. The number of likely N-dealkylation sites (N-methyl/N-ethyl adjacent to an activating group) is 1. The second kappa shape index (κ2) is 6.42. The molecule has 0 saturated heterocycles. The third kappa shape index (κ3) is 2.94. The summed E-state index contributed by atoms with van der Waals surface area (Å²) in [6.07, 6.45) is 0. The largest absolute Gasteiger partial charge is 0.508 e. The van der Waals surface area contributed by atoms with Crippen molar-refractivity contribution in [3.05, 3.63) is 47.5 Å². The fourth-order valence-corrected chi connectivity index (χ4v) is 3.05. The van der Waals surface area contributed by atoms with Crippen molar-refractivity contribution in [2.75, 3.05) is 26.2 Å². The van der Waals surface area contributed by atoms with Crippen LogP contribution >= 0.6 is 0 Å². The lowest BCUT2D eigenvalue weighted by atomic mass is 10.1. The molecule has 0 unspecified atom stereocenters. The normalized spacial score (nSPS) is 12.4. The van der Waals surface area contributed by atoms with Crippen LogP contribution in [0.1, 0.15) is 29.8 Å². The summed E-state index contributed by atoms with van der Waals surface area (Å²) in [5.41, 5.74) is 3.00. The zero-order chi connectivity index (χ0) is 16.4. The van der Waals surface area contributed by atoms with E-state index in [2.05, 4.69) is 13.8 Å². The summed E-state index contributed by atoms with van der Waals surface area (Å²) in [7, 11) is 0. The van der Waals surface area contributed by atoms with E-state index < -0.39 is 0 Å². The number of rotatable bonds is 6. The first-order valence-electron chi connectivity index (χ1n) is 8.12. The minimum absolute atomic E-state index is 0.0503. The number of aromatic hydroxyl groups is 1. The molecular weight excluding hydrogens is 290 g/mol. The van der Waals surface area contributed by atoms with E-state index in [1.54, 1.807) is 12.1 Å². The van der Waals surface area contributed by atoms with Crippen LogP contribution in [0, 0.1) is 0 Å². The minimum atomic E-state index is -0.0503. The molecule has 0 fully saturated rings. The molecule has 0 saturated carbocycles. The fraction of sp³-hybridized carbons (Fsp3) is 0.316. The number of ketones is 1. The number of quaternary nitrogens is 1. The van der Waals surface area contributed by atoms with Gasteiger partial charge in [-0.1, -0.05) is 0 Å². The third-order valence-corrected chi connectivity index (χ3v) is 4.50. The van der Waals surface area contributed by atoms with Crippen LogP contribution in [-0.4, -0.2) is 37.1 Å². The van der Waals surface area contributed by atoms with Crippen LogP contribution in [0.4, 0.5) is 0 Å². The molecule has 0 aromatic heterocycles. The van der Waals surface area contributed by atoms with Gasteiger partial charge in [-0.3, -0.25) is 4.79 Å². The Hall–Kier alpha value is -2.33. The monoisotopic (exact) mass is 312 g/mol. The summed E-state index contributed by atoms with van der Waals surface area (Å²) in [6.45, 7) is 8.09. The molecule has 2 aromatic carbocycles. The molecule has 0 radical (unpaired) electrons. The van der Waals surface area contributed by atoms with E-state index in [4.69, 9.17) is 4.74 Å². The number of nitrogens with one attached hydrogen (secondary N) is 1. The third-order valence-electron chi connectivity index (χ3n) is 4.50. The van der Waals surface area contributed by atoms with Crippen molar-refractivity contribution in [1.29, 1.82) is 0 Å². The van der Waals surface area contributed by atoms with E-state index in [1.165, 1.54) is 11.0 Å². The lowest BCUT2D eigenvalue weighted by molar-refractivity contribution is -0.896. The molecule has 0 heterocycles. The highest BCUT2D eigenvalue weighted by Gasteiger charge is 2.27. The summed E-state index contributed by atoms with van der Waals surface area (Å²) >= 11 is 0. The number of benzene rings is 2. The van der Waals surface area contributed by atoms with Gasteiger partial charge in [0.2, 0.25) is 0 Å². The molecule has 0 bridgehead atoms. The van der Waals surface area contributed by atoms with E-state index >= 15 is 0 Å². The molecule has 1 aliphatic rings. The Morgan fingerprint density at radius 3 is 2.30 bits per heavy atom. The predicted octanol–water partition coefficient (Wildman–Crippen LogP) is 1.91. The fourth-order valence-electron chi connectivity index (χ4n) is 3.05. The molecule has 0 atom stereocenters. The van der Waals surface area contributed by atoms with E-state index in [-0.39, 0.29) is 11.5 Å². The number of carbonyl (C=O) groups excluding carboxylic acids is 1. The standard InChI is InChI=1S/C19H21NO3/c1-3-20(4-2)9-10-23-14-6-8-16-15-7-5-13(21)11-17(15)19(22)18(16)12-14/h5-8,11-12,21H,3-4,9-10H2,1-2H3/p+1. The van der Waals surface area contributed by atoms with Gasteiger partial charge in [-0.15, -0.1) is 0 Å². The molecule has 3 rings (SSSR count). The summed E-state index contributed by atoms with van der Waals surface area (Å²) in [5, 5.41) is 9.58. The lowest BCUT2D eigenvalue weighted by Gasteiger charge is -2.15. The Bertz CT molecular complexity index is 735. The highest BCUT2D eigenvalue weighted by molar-refractivity contribution is 6.22. The van der Waals surface area contributed by atoms with Gasteiger partial charge in [0, 0.05) is 11.1 Å². The number of phenols is 1. The smallest absolute Gasteiger partial charge is 0.194 e. The van der Waals surface area contributed by atoms with Gasteiger partial charge in [-0.25, -0.2) is 0 Å². The maximum atomic E-state index is 12.5. The van der Waals surface area contributed by atoms with Gasteiger partial charge in [-0.2, -0.15) is 0 Å². The molecule has 23 heavy (non-hydrogen) atoms. The highest BCUT2D eigenvalue weighted by atomic mass is 16.5. The number of ether oxygens (including phenoxy) is 1. The van der Waals surface area contributed by atoms with Crippen molar-refractivity contribution in [2.24, 2.45) is 0 Å². The molecule has 1 aliphatic carbocycles. The van der Waals surface area contributed by atoms with Gasteiger partial charge in [0.25, 0.3) is 0 Å². The van der Waals surface area contributed by atoms with Crippen LogP contribution in [0.5, 0.6) is 11.5 Å². The van der Waals surface area contributed by atoms with Crippen LogP contribution in [0.15, 0.2) is 36.4 Å². The zero-order valence-electron chi connectivity index (χ0n) is 13.6. The maximum Gasteiger partial charge on any atom is 0.194 e. The van der Waals surface area contributed by atoms with Crippen LogP contribution in [-0.2, 0) is 0 Å². The average Bonchev–Trinajstić information content (AvgIpc) is 2.84. The molecule has 0 amide bonds. The second-order valence-corrected chi connectivity index (χ2v) is 5.82. The SMILES string of the molecule is CC[NH+](CC)CCOc1ccc2c(c1)C(=O)c1cc(O)ccc1-2. The second-order valence-electron chi connectivity index (χ2n) is 5.82. The quantitative estimate of drug-likeness (QED) is 0.731. The summed E-state index contributed by atoms with van der Waals surface area (Å²) in [4.78, 5) is 14.0. The molecule has 2 aromatic rings. The molecule has 0 spiro atoms. The Morgan fingerprint density at radius 1 is 0.957 bits per heavy atom. The zero-order valence-corrected chi connectivity index (χ0v) is 13.6. The van der Waals surface area contributed by atoms with Gasteiger partial charge >= 0.3 is 0 Å². The van der Waals surface area contributed by atoms with E-state index in [1.807, 2.05) is 18.2 Å². The van der Waals surface area contributed by atoms with Gasteiger partial charge in [0.05, 0.1) is 13.1 Å². The Kier molecular flexibility index (Phi) is 4.35. The van der Waals surface area contributed by atoms with E-state index in [0.717, 1.165) is 36.5 Å². The van der Waals surface area contributed by atoms with Gasteiger partial charge < -0.3 is 14.7 Å². The van der Waals surface area contributed by atoms with Crippen molar-refractivity contribution in [1.82, 2.24) is 0 Å². The number of phenolic OH excluding ortho intramolecular Hbond substituents is 1. The molecule has 2 N–H and O–H groups in total. The van der Waals surface area contributed by atoms with Crippen molar-refractivity contribution in [3.8, 4) is 22.6 Å². The Labute approximate surface area is 136 Å². The van der Waals surface area contributed by atoms with Crippen LogP contribution in [0.3, 0.4) is 0 Å². The van der Waals surface area contributed by atoms with Crippen LogP contribution in [0.2, 0.25) is 0 Å². The Balaban J connectivity index is 1.77. The van der Waals surface area contributed by atoms with Gasteiger partial charge in [0.15, 0.2) is 5.78 Å². The number of hydrogen-bond acceptors (Lipinski definition) is 3. The van der Waals surface area contributed by atoms with Crippen molar-refractivity contribution in [3.63, 3.8) is 0 Å². The van der Waals surface area contributed by atoms with Crippen molar-refractivity contribution < 1.29 is 19.5 Å². The van der Waals surface area contributed by atoms with E-state index in [9.17, 15) is 9.90 Å². The van der Waals surface area contributed by atoms with Crippen LogP contribution < -0.4 is 9.64 Å². The van der Waals surface area contributed by atoms with Crippen LogP contribution in [0.25, 0.3) is 11.1 Å². The topological polar surface area (TPSA) is 51.0 Å². The maximum absolute atomic E-state index is 12.5. The van der Waals surface area contributed by atoms with Gasteiger partial charge in [0.1, 0.15) is 24.7 Å². The minimum Gasteiger partial charge on any atom is -0.508 e. The molecule has 120 valence electrons. The number of carbonyl (C=O) groups is 1. The highest BCUT2D eigenvalue weighted by Crippen LogP contribution is 2.39. The first-order valence-corrected chi connectivity index (χ1v) is 8.12. The molecule has 0 aliphatic heterocycles. The average molecular weight is 312 g/mol. The number of fused-ring (bicyclic) bond motifs is 3. The van der Waals surface area contributed by atoms with Crippen molar-refractivity contribution in [2.45, 2.75) is 13.8 Å². The first kappa shape index (κ1) is 15.6. The molecule has 4 heteroatoms.